The molecule has 5 rings (SSSR count). The summed E-state index contributed by atoms with van der Waals surface area (Å²) in [6.45, 7) is 1.92. The highest BCUT2D eigenvalue weighted by Gasteiger charge is 2.52. The van der Waals surface area contributed by atoms with Crippen LogP contribution in [0.4, 0.5) is 22.4 Å². The number of carbonyl (C=O) groups excluding carboxylic acids is 2. The van der Waals surface area contributed by atoms with Gasteiger partial charge in [0.25, 0.3) is 0 Å². The number of carbonyl (C=O) groups is 2. The lowest BCUT2D eigenvalue weighted by Gasteiger charge is -2.37. The van der Waals surface area contributed by atoms with Crippen LogP contribution in [0.1, 0.15) is 48.6 Å². The molecule has 42 heavy (non-hydrogen) atoms. The molecule has 2 aliphatic rings. The van der Waals surface area contributed by atoms with Gasteiger partial charge < -0.3 is 15.4 Å². The van der Waals surface area contributed by atoms with Gasteiger partial charge in [0.05, 0.1) is 28.8 Å². The second kappa shape index (κ2) is 11.9. The van der Waals surface area contributed by atoms with Crippen LogP contribution in [0.2, 0.25) is 5.02 Å². The first kappa shape index (κ1) is 29.8. The van der Waals surface area contributed by atoms with Crippen LogP contribution in [0, 0.1) is 23.6 Å². The van der Waals surface area contributed by atoms with Gasteiger partial charge in [-0.15, -0.1) is 0 Å². The van der Waals surface area contributed by atoms with Gasteiger partial charge in [0.2, 0.25) is 0 Å². The van der Waals surface area contributed by atoms with Crippen molar-refractivity contribution in [1.29, 1.82) is 0 Å². The Morgan fingerprint density at radius 3 is 2.40 bits per heavy atom. The van der Waals surface area contributed by atoms with Gasteiger partial charge in [-0.2, -0.15) is 13.2 Å². The first-order valence-electron chi connectivity index (χ1n) is 13.8. The van der Waals surface area contributed by atoms with Crippen molar-refractivity contribution in [3.8, 4) is 0 Å². The molecule has 11 heteroatoms. The summed E-state index contributed by atoms with van der Waals surface area (Å²) in [5, 5.41) is 6.07. The van der Waals surface area contributed by atoms with Crippen LogP contribution < -0.4 is 10.6 Å². The molecule has 3 aromatic rings. The van der Waals surface area contributed by atoms with Crippen molar-refractivity contribution in [1.82, 2.24) is 15.6 Å². The van der Waals surface area contributed by atoms with E-state index >= 15 is 0 Å². The maximum atomic E-state index is 14.9. The lowest BCUT2D eigenvalue weighted by molar-refractivity contribution is -0.150. The van der Waals surface area contributed by atoms with Crippen molar-refractivity contribution in [2.45, 2.75) is 50.4 Å². The number of rotatable bonds is 8. The Kier molecular flexibility index (Phi) is 8.46. The summed E-state index contributed by atoms with van der Waals surface area (Å²) in [4.78, 5) is 31.1. The fourth-order valence-corrected chi connectivity index (χ4v) is 6.62. The largest absolute Gasteiger partial charge is 0.466 e. The number of benzene rings is 2. The van der Waals surface area contributed by atoms with Gasteiger partial charge in [0, 0.05) is 18.7 Å². The van der Waals surface area contributed by atoms with E-state index in [2.05, 4.69) is 15.6 Å². The zero-order valence-corrected chi connectivity index (χ0v) is 23.5. The number of esters is 1. The number of aromatic nitrogens is 1. The number of ether oxygens (including phenoxy) is 1. The summed E-state index contributed by atoms with van der Waals surface area (Å²) in [6.07, 6.45) is -1.15. The molecule has 222 valence electrons. The number of halogens is 5. The van der Waals surface area contributed by atoms with Crippen molar-refractivity contribution in [2.75, 3.05) is 6.61 Å². The molecule has 6 nitrogen and oxygen atoms in total. The molecule has 2 amide bonds. The third-order valence-corrected chi connectivity index (χ3v) is 8.52. The fraction of sp³-hybridized carbons (Fsp3) is 0.387. The number of nitrogens with zero attached hydrogens (tertiary/aromatic N) is 1. The number of fused-ring (bicyclic) bond motifs is 2. The minimum atomic E-state index is -4.85. The number of urea groups is 1. The zero-order valence-electron chi connectivity index (χ0n) is 22.8. The molecule has 5 atom stereocenters. The second-order valence-corrected chi connectivity index (χ2v) is 11.3. The van der Waals surface area contributed by atoms with Crippen molar-refractivity contribution >= 4 is 23.6 Å². The highest BCUT2D eigenvalue weighted by Crippen LogP contribution is 2.49. The molecule has 0 unspecified atom stereocenters. The summed E-state index contributed by atoms with van der Waals surface area (Å²) >= 11 is 6.09. The highest BCUT2D eigenvalue weighted by molar-refractivity contribution is 6.30. The second-order valence-electron chi connectivity index (χ2n) is 10.9. The van der Waals surface area contributed by atoms with E-state index in [-0.39, 0.29) is 47.1 Å². The monoisotopic (exact) mass is 603 g/mol. The SMILES string of the molecule is CCOC(=O)[C@@H]1[C@H]2CC[C@H](C2)[C@@H]1NC(=O)N[C@@](Cc1ccccc1)(c1cc(F)cc(C(F)(F)F)c1)c1ccc(Cl)cn1. The molecule has 1 aromatic heterocycles. The van der Waals surface area contributed by atoms with E-state index in [1.54, 1.807) is 37.3 Å². The molecule has 0 radical (unpaired) electrons. The summed E-state index contributed by atoms with van der Waals surface area (Å²) in [5.41, 5.74) is -2.31. The molecule has 0 saturated heterocycles. The van der Waals surface area contributed by atoms with Crippen molar-refractivity contribution in [3.05, 3.63) is 100 Å². The van der Waals surface area contributed by atoms with E-state index in [1.807, 2.05) is 0 Å². The number of hydrogen-bond acceptors (Lipinski definition) is 4. The number of nitrogens with one attached hydrogen (secondary N) is 2. The van der Waals surface area contributed by atoms with Gasteiger partial charge in [0.1, 0.15) is 11.4 Å². The third-order valence-electron chi connectivity index (χ3n) is 8.29. The minimum Gasteiger partial charge on any atom is -0.466 e. The number of pyridine rings is 1. The van der Waals surface area contributed by atoms with Crippen molar-refractivity contribution in [3.63, 3.8) is 0 Å². The topological polar surface area (TPSA) is 80.3 Å². The number of alkyl halides is 3. The normalized spacial score (nSPS) is 22.8. The number of hydrogen-bond donors (Lipinski definition) is 2. The first-order valence-corrected chi connectivity index (χ1v) is 14.2. The number of amides is 2. The average Bonchev–Trinajstić information content (AvgIpc) is 3.55. The lowest BCUT2D eigenvalue weighted by Crippen LogP contribution is -2.57. The van der Waals surface area contributed by atoms with Crippen LogP contribution in [0.15, 0.2) is 66.9 Å². The molecule has 2 bridgehead atoms. The Labute approximate surface area is 245 Å². The molecule has 0 spiro atoms. The van der Waals surface area contributed by atoms with Gasteiger partial charge >= 0.3 is 18.2 Å². The molecule has 2 fully saturated rings. The Balaban J connectivity index is 1.60. The predicted molar refractivity (Wildman–Crippen MR) is 148 cm³/mol. The molecule has 2 aromatic carbocycles. The van der Waals surface area contributed by atoms with Crippen molar-refractivity contribution < 1.29 is 31.9 Å². The quantitative estimate of drug-likeness (QED) is 0.223. The predicted octanol–water partition coefficient (Wildman–Crippen LogP) is 6.66. The van der Waals surface area contributed by atoms with Crippen LogP contribution in [0.3, 0.4) is 0 Å². The van der Waals surface area contributed by atoms with Gasteiger partial charge in [-0.25, -0.2) is 9.18 Å². The fourth-order valence-electron chi connectivity index (χ4n) is 6.51. The summed E-state index contributed by atoms with van der Waals surface area (Å²) < 4.78 is 61.8. The molecule has 2 aliphatic carbocycles. The molecule has 2 N–H and O–H groups in total. The Bertz CT molecular complexity index is 1440. The third kappa shape index (κ3) is 6.09. The van der Waals surface area contributed by atoms with E-state index in [0.29, 0.717) is 11.6 Å². The Morgan fingerprint density at radius 1 is 1.02 bits per heavy atom. The molecular formula is C31H30ClF4N3O3. The minimum absolute atomic E-state index is 0.0540. The van der Waals surface area contributed by atoms with E-state index in [1.165, 1.54) is 18.3 Å². The van der Waals surface area contributed by atoms with E-state index < -0.39 is 41.1 Å². The van der Waals surface area contributed by atoms with Crippen LogP contribution in [-0.4, -0.2) is 29.6 Å². The van der Waals surface area contributed by atoms with Gasteiger partial charge in [-0.05, 0) is 79.5 Å². The average molecular weight is 604 g/mol. The van der Waals surface area contributed by atoms with Crippen LogP contribution >= 0.6 is 11.6 Å². The van der Waals surface area contributed by atoms with E-state index in [0.717, 1.165) is 31.4 Å². The van der Waals surface area contributed by atoms with Crippen LogP contribution in [0.25, 0.3) is 0 Å². The summed E-state index contributed by atoms with van der Waals surface area (Å²) in [5.74, 6) is -1.91. The Hall–Kier alpha value is -3.66. The highest BCUT2D eigenvalue weighted by atomic mass is 35.5. The van der Waals surface area contributed by atoms with E-state index in [4.69, 9.17) is 16.3 Å². The van der Waals surface area contributed by atoms with E-state index in [9.17, 15) is 27.2 Å². The van der Waals surface area contributed by atoms with Gasteiger partial charge in [0.15, 0.2) is 0 Å². The molecule has 1 heterocycles. The summed E-state index contributed by atoms with van der Waals surface area (Å²) in [7, 11) is 0. The zero-order chi connectivity index (χ0) is 30.1. The van der Waals surface area contributed by atoms with Gasteiger partial charge in [-0.3, -0.25) is 9.78 Å². The van der Waals surface area contributed by atoms with Crippen molar-refractivity contribution in [2.24, 2.45) is 17.8 Å². The maximum Gasteiger partial charge on any atom is 0.416 e. The van der Waals surface area contributed by atoms with Crippen LogP contribution in [-0.2, 0) is 27.7 Å². The summed E-state index contributed by atoms with van der Waals surface area (Å²) in [6, 6.07) is 12.7. The maximum absolute atomic E-state index is 14.9. The first-order chi connectivity index (χ1) is 20.0. The lowest BCUT2D eigenvalue weighted by atomic mass is 9.79. The Morgan fingerprint density at radius 2 is 1.74 bits per heavy atom. The molecule has 2 saturated carbocycles. The smallest absolute Gasteiger partial charge is 0.416 e. The molecule has 0 aliphatic heterocycles. The standard InChI is InChI=1S/C31H30ClF4N3O3/c1-2-42-28(40)26-19-8-9-20(12-19)27(26)38-29(41)39-30(16-18-6-4-3-5-7-18,25-11-10-23(32)17-37-25)21-13-22(31(34,35)36)15-24(33)14-21/h3-7,10-11,13-15,17,19-20,26-27H,2,8-9,12,16H2,1H3,(H2,38,39,41)/t19-,20+,26+,27-,30-/m0/s1. The molecular weight excluding hydrogens is 574 g/mol. The van der Waals surface area contributed by atoms with Gasteiger partial charge in [-0.1, -0.05) is 41.9 Å². The van der Waals surface area contributed by atoms with Crippen LogP contribution in [0.5, 0.6) is 0 Å².